The van der Waals surface area contributed by atoms with Gasteiger partial charge in [-0.15, -0.1) is 23.6 Å². The molecule has 2 aliphatic carbocycles. The van der Waals surface area contributed by atoms with E-state index >= 15 is 0 Å². The van der Waals surface area contributed by atoms with Gasteiger partial charge in [-0.05, 0) is 62.0 Å². The van der Waals surface area contributed by atoms with E-state index in [9.17, 15) is 0 Å². The molecule has 0 bridgehead atoms. The Kier molecular flexibility index (Phi) is 6.70. The summed E-state index contributed by atoms with van der Waals surface area (Å²) in [5, 5.41) is 0. The maximum atomic E-state index is 5.52. The summed E-state index contributed by atoms with van der Waals surface area (Å²) in [5.74, 6) is 1.66. The zero-order chi connectivity index (χ0) is 16.3. The lowest BCUT2D eigenvalue weighted by Crippen LogP contribution is -2.42. The van der Waals surface area contributed by atoms with Gasteiger partial charge in [-0.1, -0.05) is 37.1 Å². The van der Waals surface area contributed by atoms with E-state index in [1.54, 1.807) is 7.11 Å². The van der Waals surface area contributed by atoms with E-state index in [0.29, 0.717) is 5.92 Å². The molecular weight excluding hydrogens is 362 g/mol. The Hall–Kier alpha value is -1.06. The molecule has 0 spiro atoms. The third-order valence-corrected chi connectivity index (χ3v) is 5.78. The number of methoxy groups -OCH3 is 1. The van der Waals surface area contributed by atoms with Gasteiger partial charge in [0.05, 0.1) is 7.11 Å². The summed E-state index contributed by atoms with van der Waals surface area (Å²) >= 11 is 0. The standard InChI is InChI=1S/C21H29NO.BrH/c1-4-14-22(2)15-13-21-12-6-5-7-18(21)10-8-17-9-11-19(23-3)16-20(17)21;/h4,8-11,16,18H,1,5-7,12-15H2,2-3H3;1H/t18-,21+;/m1./s1. The van der Waals surface area contributed by atoms with Crippen molar-refractivity contribution in [2.24, 2.45) is 5.92 Å². The van der Waals surface area contributed by atoms with Gasteiger partial charge in [0.2, 0.25) is 0 Å². The van der Waals surface area contributed by atoms with Gasteiger partial charge in [0, 0.05) is 12.0 Å². The van der Waals surface area contributed by atoms with E-state index in [0.717, 1.165) is 18.8 Å². The molecule has 2 atom stereocenters. The average Bonchev–Trinajstić information content (AvgIpc) is 2.59. The van der Waals surface area contributed by atoms with E-state index in [-0.39, 0.29) is 22.4 Å². The van der Waals surface area contributed by atoms with Crippen LogP contribution in [0.4, 0.5) is 0 Å². The molecule has 1 aromatic rings. The molecule has 0 amide bonds. The van der Waals surface area contributed by atoms with Crippen molar-refractivity contribution in [2.45, 2.75) is 37.5 Å². The quantitative estimate of drug-likeness (QED) is 0.615. The van der Waals surface area contributed by atoms with Crippen molar-refractivity contribution in [3.8, 4) is 5.75 Å². The number of rotatable bonds is 6. The van der Waals surface area contributed by atoms with Gasteiger partial charge in [0.15, 0.2) is 0 Å². The summed E-state index contributed by atoms with van der Waals surface area (Å²) in [7, 11) is 3.96. The summed E-state index contributed by atoms with van der Waals surface area (Å²) in [6.07, 6.45) is 13.3. The van der Waals surface area contributed by atoms with E-state index in [2.05, 4.69) is 48.9 Å². The van der Waals surface area contributed by atoms with Gasteiger partial charge < -0.3 is 9.64 Å². The molecule has 3 heteroatoms. The highest BCUT2D eigenvalue weighted by molar-refractivity contribution is 8.93. The second-order valence-electron chi connectivity index (χ2n) is 7.12. The fourth-order valence-electron chi connectivity index (χ4n) is 4.49. The van der Waals surface area contributed by atoms with Crippen LogP contribution in [0.25, 0.3) is 6.08 Å². The molecule has 0 radical (unpaired) electrons. The highest BCUT2D eigenvalue weighted by Gasteiger charge is 2.43. The Labute approximate surface area is 157 Å². The van der Waals surface area contributed by atoms with Crippen LogP contribution in [0.3, 0.4) is 0 Å². The molecule has 0 aromatic heterocycles. The van der Waals surface area contributed by atoms with Crippen molar-refractivity contribution in [3.05, 3.63) is 48.1 Å². The third-order valence-electron chi connectivity index (χ3n) is 5.78. The van der Waals surface area contributed by atoms with Crippen molar-refractivity contribution < 1.29 is 4.74 Å². The second kappa shape index (κ2) is 8.35. The van der Waals surface area contributed by atoms with Gasteiger partial charge in [-0.25, -0.2) is 0 Å². The minimum Gasteiger partial charge on any atom is -0.497 e. The highest BCUT2D eigenvalue weighted by atomic mass is 79.9. The van der Waals surface area contributed by atoms with Crippen LogP contribution >= 0.6 is 17.0 Å². The first-order chi connectivity index (χ1) is 11.2. The number of hydrogen-bond donors (Lipinski definition) is 0. The first kappa shape index (κ1) is 19.3. The number of hydrogen-bond acceptors (Lipinski definition) is 2. The van der Waals surface area contributed by atoms with Crippen molar-refractivity contribution >= 4 is 23.1 Å². The number of halogens is 1. The summed E-state index contributed by atoms with van der Waals surface area (Å²) in [4.78, 5) is 2.38. The van der Waals surface area contributed by atoms with Gasteiger partial charge in [0.1, 0.15) is 5.75 Å². The van der Waals surface area contributed by atoms with Crippen molar-refractivity contribution in [1.29, 1.82) is 0 Å². The Morgan fingerprint density at radius 3 is 2.96 bits per heavy atom. The lowest BCUT2D eigenvalue weighted by atomic mass is 9.58. The SMILES string of the molecule is Br.C=CCN(C)CC[C@@]12CCCC[C@@H]1C=Cc1ccc(OC)cc12. The number of nitrogens with zero attached hydrogens (tertiary/aromatic N) is 1. The minimum atomic E-state index is 0. The molecule has 0 N–H and O–H groups in total. The Morgan fingerprint density at radius 1 is 1.38 bits per heavy atom. The summed E-state index contributed by atoms with van der Waals surface area (Å²) < 4.78 is 5.52. The molecule has 132 valence electrons. The van der Waals surface area contributed by atoms with Gasteiger partial charge >= 0.3 is 0 Å². The predicted octanol–water partition coefficient (Wildman–Crippen LogP) is 5.24. The third kappa shape index (κ3) is 3.62. The van der Waals surface area contributed by atoms with Gasteiger partial charge in [-0.2, -0.15) is 0 Å². The molecular formula is C21H30BrNO. The van der Waals surface area contributed by atoms with Gasteiger partial charge in [0.25, 0.3) is 0 Å². The monoisotopic (exact) mass is 391 g/mol. The highest BCUT2D eigenvalue weighted by Crippen LogP contribution is 2.51. The lowest BCUT2D eigenvalue weighted by Gasteiger charge is -2.47. The van der Waals surface area contributed by atoms with Crippen LogP contribution in [0, 0.1) is 5.92 Å². The molecule has 24 heavy (non-hydrogen) atoms. The number of likely N-dealkylation sites (N-methyl/N-ethyl adjacent to an activating group) is 1. The largest absolute Gasteiger partial charge is 0.497 e. The molecule has 0 saturated heterocycles. The molecule has 1 fully saturated rings. The van der Waals surface area contributed by atoms with Crippen molar-refractivity contribution in [3.63, 3.8) is 0 Å². The summed E-state index contributed by atoms with van der Waals surface area (Å²) in [5.41, 5.74) is 3.18. The van der Waals surface area contributed by atoms with E-state index in [1.807, 2.05) is 6.08 Å². The molecule has 2 nitrogen and oxygen atoms in total. The van der Waals surface area contributed by atoms with E-state index < -0.39 is 0 Å². The normalized spacial score (nSPS) is 24.7. The van der Waals surface area contributed by atoms with Crippen LogP contribution in [0.2, 0.25) is 0 Å². The smallest absolute Gasteiger partial charge is 0.119 e. The van der Waals surface area contributed by atoms with Crippen LogP contribution in [0.5, 0.6) is 5.75 Å². The van der Waals surface area contributed by atoms with Crippen LogP contribution < -0.4 is 4.74 Å². The molecule has 1 aromatic carbocycles. The zero-order valence-corrected chi connectivity index (χ0v) is 16.7. The lowest BCUT2D eigenvalue weighted by molar-refractivity contribution is 0.183. The summed E-state index contributed by atoms with van der Waals surface area (Å²) in [6, 6.07) is 6.61. The molecule has 1 saturated carbocycles. The predicted molar refractivity (Wildman–Crippen MR) is 108 cm³/mol. The van der Waals surface area contributed by atoms with E-state index in [4.69, 9.17) is 4.74 Å². The maximum absolute atomic E-state index is 5.52. The van der Waals surface area contributed by atoms with Crippen LogP contribution in [0.15, 0.2) is 36.9 Å². The Morgan fingerprint density at radius 2 is 2.21 bits per heavy atom. The first-order valence-corrected chi connectivity index (χ1v) is 8.86. The number of allylic oxidation sites excluding steroid dienone is 1. The van der Waals surface area contributed by atoms with E-state index in [1.165, 1.54) is 43.2 Å². The molecule has 0 unspecified atom stereocenters. The molecule has 2 aliphatic rings. The molecule has 3 rings (SSSR count). The molecule has 0 heterocycles. The first-order valence-electron chi connectivity index (χ1n) is 8.86. The number of fused-ring (bicyclic) bond motifs is 3. The van der Waals surface area contributed by atoms with Crippen molar-refractivity contribution in [1.82, 2.24) is 4.90 Å². The number of benzene rings is 1. The second-order valence-corrected chi connectivity index (χ2v) is 7.12. The number of ether oxygens (including phenoxy) is 1. The fourth-order valence-corrected chi connectivity index (χ4v) is 4.49. The minimum absolute atomic E-state index is 0. The maximum Gasteiger partial charge on any atom is 0.119 e. The van der Waals surface area contributed by atoms with Gasteiger partial charge in [-0.3, -0.25) is 0 Å². The Bertz CT molecular complexity index is 598. The zero-order valence-electron chi connectivity index (χ0n) is 15.0. The van der Waals surface area contributed by atoms with Crippen LogP contribution in [-0.4, -0.2) is 32.1 Å². The average molecular weight is 392 g/mol. The topological polar surface area (TPSA) is 12.5 Å². The van der Waals surface area contributed by atoms with Crippen LogP contribution in [-0.2, 0) is 5.41 Å². The molecule has 0 aliphatic heterocycles. The Balaban J connectivity index is 0.00000208. The fraction of sp³-hybridized carbons (Fsp3) is 0.524. The van der Waals surface area contributed by atoms with Crippen molar-refractivity contribution in [2.75, 3.05) is 27.2 Å². The van der Waals surface area contributed by atoms with Crippen LogP contribution in [0.1, 0.15) is 43.2 Å². The summed E-state index contributed by atoms with van der Waals surface area (Å²) in [6.45, 7) is 5.94.